The van der Waals surface area contributed by atoms with E-state index in [4.69, 9.17) is 9.11 Å². The lowest BCUT2D eigenvalue weighted by Crippen LogP contribution is -2.24. The molecule has 1 atom stereocenters. The molecule has 0 aromatic heterocycles. The van der Waals surface area contributed by atoms with Gasteiger partial charge in [0.15, 0.2) is 11.1 Å². The zero-order valence-electron chi connectivity index (χ0n) is 5.44. The fourth-order valence-corrected chi connectivity index (χ4v) is 1.69. The standard InChI is InChI=1S/C4H11NO3S/c1-4-3-8-9(6,7)5(4)2/h4,6-7H,3H2,1-2H3/t4-/m0/s1. The number of nitrogens with zero attached hydrogens (tertiary/aromatic N) is 1. The highest BCUT2D eigenvalue weighted by Gasteiger charge is 2.35. The van der Waals surface area contributed by atoms with E-state index in [-0.39, 0.29) is 6.04 Å². The number of likely N-dealkylation sites (N-methyl/N-ethyl adjacent to an activating group) is 1. The molecule has 0 radical (unpaired) electrons. The third kappa shape index (κ3) is 1.20. The molecule has 1 rings (SSSR count). The molecule has 0 bridgehead atoms. The molecule has 1 aliphatic rings. The van der Waals surface area contributed by atoms with Crippen LogP contribution in [0.25, 0.3) is 0 Å². The van der Waals surface area contributed by atoms with Crippen molar-refractivity contribution >= 4 is 11.1 Å². The van der Waals surface area contributed by atoms with Crippen molar-refractivity contribution in [3.63, 3.8) is 0 Å². The van der Waals surface area contributed by atoms with Gasteiger partial charge in [-0.2, -0.15) is 0 Å². The largest absolute Gasteiger partial charge is 0.296 e. The van der Waals surface area contributed by atoms with Crippen LogP contribution >= 0.6 is 11.1 Å². The molecule has 0 spiro atoms. The summed E-state index contributed by atoms with van der Waals surface area (Å²) in [6.45, 7) is 2.28. The van der Waals surface area contributed by atoms with Crippen molar-refractivity contribution < 1.29 is 13.3 Å². The van der Waals surface area contributed by atoms with Crippen molar-refractivity contribution in [1.29, 1.82) is 0 Å². The van der Waals surface area contributed by atoms with Crippen LogP contribution in [0.2, 0.25) is 0 Å². The van der Waals surface area contributed by atoms with Crippen LogP contribution in [0.1, 0.15) is 6.92 Å². The molecule has 0 unspecified atom stereocenters. The van der Waals surface area contributed by atoms with Crippen molar-refractivity contribution in [1.82, 2.24) is 4.31 Å². The predicted molar refractivity (Wildman–Crippen MR) is 36.0 cm³/mol. The van der Waals surface area contributed by atoms with E-state index in [0.29, 0.717) is 6.61 Å². The molecule has 9 heavy (non-hydrogen) atoms. The minimum atomic E-state index is -2.84. The smallest absolute Gasteiger partial charge is 0.158 e. The maximum absolute atomic E-state index is 8.98. The molecule has 2 N–H and O–H groups in total. The van der Waals surface area contributed by atoms with Crippen LogP contribution in [0.3, 0.4) is 0 Å². The van der Waals surface area contributed by atoms with E-state index in [2.05, 4.69) is 4.18 Å². The minimum absolute atomic E-state index is 0.106. The normalized spacial score (nSPS) is 38.9. The van der Waals surface area contributed by atoms with Gasteiger partial charge in [-0.1, -0.05) is 0 Å². The highest BCUT2D eigenvalue weighted by Crippen LogP contribution is 2.49. The molecule has 0 aromatic rings. The zero-order chi connectivity index (χ0) is 7.07. The molecule has 4 nitrogen and oxygen atoms in total. The minimum Gasteiger partial charge on any atom is -0.296 e. The second-order valence-corrected chi connectivity index (χ2v) is 3.90. The van der Waals surface area contributed by atoms with Gasteiger partial charge in [0.05, 0.1) is 6.61 Å². The van der Waals surface area contributed by atoms with E-state index >= 15 is 0 Å². The summed E-state index contributed by atoms with van der Waals surface area (Å²) in [5.41, 5.74) is 0. The first kappa shape index (κ1) is 7.30. The Balaban J connectivity index is 2.62. The van der Waals surface area contributed by atoms with Crippen molar-refractivity contribution in [2.24, 2.45) is 0 Å². The first-order valence-electron chi connectivity index (χ1n) is 2.69. The number of hydrogen-bond donors (Lipinski definition) is 2. The average Bonchev–Trinajstić information content (AvgIpc) is 1.97. The first-order chi connectivity index (χ1) is 4.04. The van der Waals surface area contributed by atoms with E-state index in [1.165, 1.54) is 4.31 Å². The Labute approximate surface area is 56.1 Å². The maximum atomic E-state index is 8.98. The lowest BCUT2D eigenvalue weighted by atomic mass is 10.4. The van der Waals surface area contributed by atoms with E-state index < -0.39 is 11.1 Å². The quantitative estimate of drug-likeness (QED) is 0.543. The van der Waals surface area contributed by atoms with Crippen molar-refractivity contribution in [3.05, 3.63) is 0 Å². The van der Waals surface area contributed by atoms with Crippen LogP contribution < -0.4 is 0 Å². The van der Waals surface area contributed by atoms with Gasteiger partial charge in [0.25, 0.3) is 0 Å². The topological polar surface area (TPSA) is 52.9 Å². The van der Waals surface area contributed by atoms with E-state index in [0.717, 1.165) is 0 Å². The number of rotatable bonds is 0. The lowest BCUT2D eigenvalue weighted by molar-refractivity contribution is 0.292. The lowest BCUT2D eigenvalue weighted by Gasteiger charge is -2.27. The van der Waals surface area contributed by atoms with Gasteiger partial charge in [0.2, 0.25) is 0 Å². The third-order valence-electron chi connectivity index (χ3n) is 1.46. The fourth-order valence-electron chi connectivity index (χ4n) is 0.612. The summed E-state index contributed by atoms with van der Waals surface area (Å²) >= 11 is -2.84. The Hall–Kier alpha value is 0.190. The Morgan fingerprint density at radius 1 is 1.67 bits per heavy atom. The summed E-state index contributed by atoms with van der Waals surface area (Å²) in [4.78, 5) is 0. The summed E-state index contributed by atoms with van der Waals surface area (Å²) in [7, 11) is 1.63. The van der Waals surface area contributed by atoms with E-state index in [9.17, 15) is 0 Å². The van der Waals surface area contributed by atoms with Crippen molar-refractivity contribution in [2.45, 2.75) is 13.0 Å². The maximum Gasteiger partial charge on any atom is 0.158 e. The van der Waals surface area contributed by atoms with Gasteiger partial charge in [0, 0.05) is 13.1 Å². The Kier molecular flexibility index (Phi) is 1.71. The molecule has 1 saturated heterocycles. The van der Waals surface area contributed by atoms with Gasteiger partial charge < -0.3 is 0 Å². The predicted octanol–water partition coefficient (Wildman–Crippen LogP) is 0.917. The molecule has 56 valence electrons. The second-order valence-electron chi connectivity index (χ2n) is 2.15. The molecular formula is C4H11NO3S. The van der Waals surface area contributed by atoms with Crippen LogP contribution in [0.15, 0.2) is 0 Å². The number of hydrogen-bond acceptors (Lipinski definition) is 4. The van der Waals surface area contributed by atoms with Crippen LogP contribution in [0.5, 0.6) is 0 Å². The third-order valence-corrected chi connectivity index (χ3v) is 3.03. The van der Waals surface area contributed by atoms with Gasteiger partial charge in [0.1, 0.15) is 0 Å². The van der Waals surface area contributed by atoms with Gasteiger partial charge in [-0.15, -0.1) is 0 Å². The zero-order valence-corrected chi connectivity index (χ0v) is 6.26. The van der Waals surface area contributed by atoms with Crippen LogP contribution in [-0.4, -0.2) is 33.1 Å². The Bertz CT molecular complexity index is 118. The summed E-state index contributed by atoms with van der Waals surface area (Å²) in [5, 5.41) is 0. The molecule has 0 amide bonds. The fraction of sp³-hybridized carbons (Fsp3) is 1.00. The Morgan fingerprint density at radius 2 is 2.22 bits per heavy atom. The van der Waals surface area contributed by atoms with Crippen LogP contribution in [0.4, 0.5) is 0 Å². The molecule has 1 fully saturated rings. The molecule has 1 aliphatic heterocycles. The van der Waals surface area contributed by atoms with Crippen LogP contribution in [0, 0.1) is 0 Å². The van der Waals surface area contributed by atoms with Gasteiger partial charge in [-0.05, 0) is 6.92 Å². The summed E-state index contributed by atoms with van der Waals surface area (Å²) in [6, 6.07) is 0.106. The van der Waals surface area contributed by atoms with Crippen LogP contribution in [-0.2, 0) is 4.18 Å². The molecular weight excluding hydrogens is 142 g/mol. The second kappa shape index (κ2) is 2.10. The molecule has 1 heterocycles. The molecule has 5 heteroatoms. The molecule has 0 aliphatic carbocycles. The van der Waals surface area contributed by atoms with E-state index in [1.807, 2.05) is 6.92 Å². The van der Waals surface area contributed by atoms with E-state index in [1.54, 1.807) is 7.05 Å². The van der Waals surface area contributed by atoms with Gasteiger partial charge >= 0.3 is 0 Å². The first-order valence-corrected chi connectivity index (χ1v) is 4.12. The van der Waals surface area contributed by atoms with Gasteiger partial charge in [-0.3, -0.25) is 13.3 Å². The van der Waals surface area contributed by atoms with Gasteiger partial charge in [-0.25, -0.2) is 4.31 Å². The summed E-state index contributed by atoms with van der Waals surface area (Å²) in [5.74, 6) is 0. The van der Waals surface area contributed by atoms with Crippen molar-refractivity contribution in [3.8, 4) is 0 Å². The molecule has 0 aromatic carbocycles. The summed E-state index contributed by atoms with van der Waals surface area (Å²) in [6.07, 6.45) is 0. The summed E-state index contributed by atoms with van der Waals surface area (Å²) < 4.78 is 24.1. The van der Waals surface area contributed by atoms with Crippen molar-refractivity contribution in [2.75, 3.05) is 13.7 Å². The highest BCUT2D eigenvalue weighted by atomic mass is 32.3. The molecule has 0 saturated carbocycles. The SMILES string of the molecule is C[C@H]1COS(O)(O)N1C. The average molecular weight is 153 g/mol. The monoisotopic (exact) mass is 153 g/mol. The highest BCUT2D eigenvalue weighted by molar-refractivity contribution is 8.18. The Morgan fingerprint density at radius 3 is 2.33 bits per heavy atom.